The van der Waals surface area contributed by atoms with Crippen molar-refractivity contribution in [3.63, 3.8) is 0 Å². The number of aryl methyl sites for hydroxylation is 2. The Balaban J connectivity index is 0.00000228. The van der Waals surface area contributed by atoms with Crippen LogP contribution in [0.1, 0.15) is 22.4 Å². The summed E-state index contributed by atoms with van der Waals surface area (Å²) in [6.45, 7) is 7.97. The second-order valence-electron chi connectivity index (χ2n) is 9.26. The minimum Gasteiger partial charge on any atom is -0.369 e. The molecule has 6 rings (SSSR count). The third kappa shape index (κ3) is 3.94. The Labute approximate surface area is 203 Å². The molecule has 0 bridgehead atoms. The van der Waals surface area contributed by atoms with Crippen LogP contribution in [-0.4, -0.2) is 42.2 Å². The summed E-state index contributed by atoms with van der Waals surface area (Å²) in [6.07, 6.45) is 3.36. The molecule has 1 fully saturated rings. The van der Waals surface area contributed by atoms with Crippen molar-refractivity contribution in [2.24, 2.45) is 0 Å². The maximum absolute atomic E-state index is 2.64. The molecule has 3 nitrogen and oxygen atoms in total. The van der Waals surface area contributed by atoms with E-state index in [4.69, 9.17) is 0 Å². The molecule has 0 spiro atoms. The van der Waals surface area contributed by atoms with Crippen molar-refractivity contribution >= 4 is 29.0 Å². The van der Waals surface area contributed by atoms with Crippen LogP contribution < -0.4 is 4.90 Å². The van der Waals surface area contributed by atoms with Crippen LogP contribution in [0.5, 0.6) is 0 Å². The molecule has 4 heteroatoms. The summed E-state index contributed by atoms with van der Waals surface area (Å²) in [5.74, 6) is 0. The second kappa shape index (κ2) is 9.24. The second-order valence-corrected chi connectivity index (χ2v) is 9.26. The Morgan fingerprint density at radius 2 is 1.42 bits per heavy atom. The van der Waals surface area contributed by atoms with Gasteiger partial charge in [0.1, 0.15) is 0 Å². The Morgan fingerprint density at radius 3 is 2.24 bits per heavy atom. The van der Waals surface area contributed by atoms with Gasteiger partial charge in [-0.1, -0.05) is 54.6 Å². The Morgan fingerprint density at radius 1 is 0.727 bits per heavy atom. The number of piperazine rings is 1. The van der Waals surface area contributed by atoms with Crippen molar-refractivity contribution in [2.45, 2.75) is 26.2 Å². The van der Waals surface area contributed by atoms with E-state index < -0.39 is 0 Å². The van der Waals surface area contributed by atoms with Gasteiger partial charge in [0, 0.05) is 55.2 Å². The van der Waals surface area contributed by atoms with Crippen molar-refractivity contribution in [3.05, 3.63) is 95.2 Å². The van der Waals surface area contributed by atoms with Gasteiger partial charge in [0.2, 0.25) is 0 Å². The number of hydrogen-bond donors (Lipinski definition) is 0. The van der Waals surface area contributed by atoms with Gasteiger partial charge in [0.15, 0.2) is 0 Å². The average Bonchev–Trinajstić information content (AvgIpc) is 3.02. The van der Waals surface area contributed by atoms with E-state index in [0.717, 1.165) is 52.0 Å². The zero-order chi connectivity index (χ0) is 21.5. The fraction of sp³-hybridized carbons (Fsp3) is 0.310. The van der Waals surface area contributed by atoms with Gasteiger partial charge in [-0.25, -0.2) is 0 Å². The lowest BCUT2D eigenvalue weighted by Gasteiger charge is -2.36. The first kappa shape index (κ1) is 22.1. The molecule has 170 valence electrons. The number of halogens is 1. The molecular weight excluding hydrogens is 426 g/mol. The maximum Gasteiger partial charge on any atom is 0.0566 e. The van der Waals surface area contributed by atoms with Gasteiger partial charge in [-0.15, -0.1) is 12.4 Å². The number of rotatable bonds is 4. The van der Waals surface area contributed by atoms with Gasteiger partial charge in [0.05, 0.1) is 5.52 Å². The predicted octanol–water partition coefficient (Wildman–Crippen LogP) is 5.82. The number of fused-ring (bicyclic) bond motifs is 2. The highest BCUT2D eigenvalue weighted by Gasteiger charge is 2.23. The fourth-order valence-corrected chi connectivity index (χ4v) is 5.76. The van der Waals surface area contributed by atoms with Crippen LogP contribution in [0.25, 0.3) is 16.6 Å². The van der Waals surface area contributed by atoms with E-state index in [0.29, 0.717) is 0 Å². The molecule has 4 aromatic rings. The third-order valence-corrected chi connectivity index (χ3v) is 7.51. The van der Waals surface area contributed by atoms with Crippen LogP contribution in [0.4, 0.5) is 5.69 Å². The molecule has 0 aliphatic carbocycles. The van der Waals surface area contributed by atoms with Gasteiger partial charge in [-0.2, -0.15) is 0 Å². The molecule has 0 amide bonds. The van der Waals surface area contributed by atoms with Gasteiger partial charge < -0.3 is 9.47 Å². The average molecular weight is 458 g/mol. The van der Waals surface area contributed by atoms with Crippen LogP contribution in [0, 0.1) is 6.92 Å². The number of nitrogens with zero attached hydrogens (tertiary/aromatic N) is 3. The minimum atomic E-state index is 0. The normalized spacial score (nSPS) is 15.7. The lowest BCUT2D eigenvalue weighted by molar-refractivity contribution is 0.261. The standard InChI is InChI=1S/C29H31N3.ClH/c1-22-26(16-17-30-18-20-31(21-19-30)25-10-3-2-4-11-25)27-12-7-9-24-15-14-23-8-5-6-13-28(23)32(22)29(24)27;/h2-13H,14-21H2,1H3;1H. The monoisotopic (exact) mass is 457 g/mol. The summed E-state index contributed by atoms with van der Waals surface area (Å²) in [4.78, 5) is 5.16. The Hall–Kier alpha value is -2.75. The van der Waals surface area contributed by atoms with E-state index >= 15 is 0 Å². The number of para-hydroxylation sites is 3. The molecule has 0 radical (unpaired) electrons. The van der Waals surface area contributed by atoms with Crippen LogP contribution in [-0.2, 0) is 19.3 Å². The maximum atomic E-state index is 2.64. The van der Waals surface area contributed by atoms with E-state index in [2.05, 4.69) is 94.1 Å². The SMILES string of the molecule is Cc1c(CCN2CCN(c3ccccc3)CC2)c2cccc3c2n1-c1ccccc1CC3.Cl. The quantitative estimate of drug-likeness (QED) is 0.382. The van der Waals surface area contributed by atoms with Crippen LogP contribution in [0.15, 0.2) is 72.8 Å². The molecule has 2 aliphatic heterocycles. The summed E-state index contributed by atoms with van der Waals surface area (Å²) < 4.78 is 2.55. The summed E-state index contributed by atoms with van der Waals surface area (Å²) in [5.41, 5.74) is 10.1. The smallest absolute Gasteiger partial charge is 0.0566 e. The van der Waals surface area contributed by atoms with E-state index in [1.165, 1.54) is 44.7 Å². The highest BCUT2D eigenvalue weighted by Crippen LogP contribution is 2.36. The van der Waals surface area contributed by atoms with Crippen molar-refractivity contribution < 1.29 is 0 Å². The highest BCUT2D eigenvalue weighted by atomic mass is 35.5. The molecule has 3 heterocycles. The summed E-state index contributed by atoms with van der Waals surface area (Å²) in [7, 11) is 0. The first-order valence-corrected chi connectivity index (χ1v) is 12.0. The summed E-state index contributed by atoms with van der Waals surface area (Å²) in [6, 6.07) is 26.7. The lowest BCUT2D eigenvalue weighted by atomic mass is 10.0. The van der Waals surface area contributed by atoms with Crippen LogP contribution in [0.2, 0.25) is 0 Å². The van der Waals surface area contributed by atoms with Crippen molar-refractivity contribution in [1.82, 2.24) is 9.47 Å². The molecule has 0 N–H and O–H groups in total. The molecule has 1 saturated heterocycles. The van der Waals surface area contributed by atoms with Crippen molar-refractivity contribution in [1.29, 1.82) is 0 Å². The number of anilines is 1. The largest absolute Gasteiger partial charge is 0.369 e. The Kier molecular flexibility index (Phi) is 6.18. The van der Waals surface area contributed by atoms with Crippen LogP contribution in [0.3, 0.4) is 0 Å². The first-order chi connectivity index (χ1) is 15.8. The molecular formula is C29H32ClN3. The summed E-state index contributed by atoms with van der Waals surface area (Å²) in [5, 5.41) is 1.46. The third-order valence-electron chi connectivity index (χ3n) is 7.51. The molecule has 2 aliphatic rings. The van der Waals surface area contributed by atoms with Crippen molar-refractivity contribution in [2.75, 3.05) is 37.6 Å². The zero-order valence-corrected chi connectivity index (χ0v) is 20.2. The van der Waals surface area contributed by atoms with E-state index in [9.17, 15) is 0 Å². The molecule has 0 unspecified atom stereocenters. The van der Waals surface area contributed by atoms with Gasteiger partial charge >= 0.3 is 0 Å². The van der Waals surface area contributed by atoms with E-state index in [1.807, 2.05) is 0 Å². The highest BCUT2D eigenvalue weighted by molar-refractivity contribution is 5.90. The fourth-order valence-electron chi connectivity index (χ4n) is 5.76. The molecule has 0 saturated carbocycles. The van der Waals surface area contributed by atoms with Gasteiger partial charge in [0.25, 0.3) is 0 Å². The first-order valence-electron chi connectivity index (χ1n) is 12.0. The van der Waals surface area contributed by atoms with E-state index in [-0.39, 0.29) is 12.4 Å². The lowest BCUT2D eigenvalue weighted by Crippen LogP contribution is -2.47. The van der Waals surface area contributed by atoms with E-state index in [1.54, 1.807) is 0 Å². The molecule has 33 heavy (non-hydrogen) atoms. The van der Waals surface area contributed by atoms with Crippen LogP contribution >= 0.6 is 12.4 Å². The zero-order valence-electron chi connectivity index (χ0n) is 19.3. The summed E-state index contributed by atoms with van der Waals surface area (Å²) >= 11 is 0. The predicted molar refractivity (Wildman–Crippen MR) is 141 cm³/mol. The topological polar surface area (TPSA) is 11.4 Å². The number of benzene rings is 3. The van der Waals surface area contributed by atoms with Crippen molar-refractivity contribution in [3.8, 4) is 5.69 Å². The molecule has 3 aromatic carbocycles. The number of aromatic nitrogens is 1. The molecule has 1 aromatic heterocycles. The van der Waals surface area contributed by atoms with Gasteiger partial charge in [-0.3, -0.25) is 4.90 Å². The number of hydrogen-bond acceptors (Lipinski definition) is 2. The minimum absolute atomic E-state index is 0. The molecule has 0 atom stereocenters. The Bertz CT molecular complexity index is 1250. The van der Waals surface area contributed by atoms with Gasteiger partial charge in [-0.05, 0) is 61.1 Å².